The molecule has 138 valence electrons. The van der Waals surface area contributed by atoms with Crippen molar-refractivity contribution < 1.29 is 19.4 Å². The van der Waals surface area contributed by atoms with Crippen LogP contribution in [0.1, 0.15) is 17.5 Å². The number of carbonyl (C=O) groups is 2. The fourth-order valence-electron chi connectivity index (χ4n) is 2.36. The van der Waals surface area contributed by atoms with E-state index in [-0.39, 0.29) is 18.7 Å². The molecule has 7 heteroatoms. The molecule has 5 nitrogen and oxygen atoms in total. The highest BCUT2D eigenvalue weighted by molar-refractivity contribution is 7.98. The highest BCUT2D eigenvalue weighted by Crippen LogP contribution is 2.27. The number of thioether (sulfide) groups is 1. The first-order valence-electron chi connectivity index (χ1n) is 7.99. The number of benzene rings is 2. The molecule has 2 N–H and O–H groups in total. The van der Waals surface area contributed by atoms with Gasteiger partial charge in [-0.05, 0) is 29.8 Å². The lowest BCUT2D eigenvalue weighted by atomic mass is 10.1. The molecule has 2 aromatic carbocycles. The quantitative estimate of drug-likeness (QED) is 0.623. The van der Waals surface area contributed by atoms with Gasteiger partial charge in [-0.2, -0.15) is 11.8 Å². The smallest absolute Gasteiger partial charge is 0.304 e. The van der Waals surface area contributed by atoms with Gasteiger partial charge >= 0.3 is 5.97 Å². The number of aliphatic carboxylic acids is 1. The number of hydrogen-bond acceptors (Lipinski definition) is 4. The number of hydrogen-bond donors (Lipinski definition) is 2. The number of carbonyl (C=O) groups excluding carboxylic acids is 1. The van der Waals surface area contributed by atoms with Crippen molar-refractivity contribution in [2.24, 2.45) is 0 Å². The largest absolute Gasteiger partial charge is 0.496 e. The first-order chi connectivity index (χ1) is 12.5. The van der Waals surface area contributed by atoms with E-state index in [1.165, 1.54) is 0 Å². The molecule has 2 aromatic rings. The Balaban J connectivity index is 1.95. The van der Waals surface area contributed by atoms with Crippen molar-refractivity contribution in [3.8, 4) is 5.75 Å². The molecule has 0 bridgehead atoms. The van der Waals surface area contributed by atoms with Crippen LogP contribution in [0.25, 0.3) is 0 Å². The van der Waals surface area contributed by atoms with Crippen LogP contribution in [0.4, 0.5) is 5.69 Å². The Hall–Kier alpha value is -2.18. The topological polar surface area (TPSA) is 75.6 Å². The van der Waals surface area contributed by atoms with E-state index in [2.05, 4.69) is 5.32 Å². The summed E-state index contributed by atoms with van der Waals surface area (Å²) < 4.78 is 5.26. The maximum Gasteiger partial charge on any atom is 0.304 e. The molecule has 1 amide bonds. The van der Waals surface area contributed by atoms with E-state index in [0.29, 0.717) is 33.5 Å². The van der Waals surface area contributed by atoms with Gasteiger partial charge in [-0.25, -0.2) is 0 Å². The van der Waals surface area contributed by atoms with Crippen molar-refractivity contribution in [3.63, 3.8) is 0 Å². The van der Waals surface area contributed by atoms with Gasteiger partial charge in [0.1, 0.15) is 5.75 Å². The summed E-state index contributed by atoms with van der Waals surface area (Å²) >= 11 is 7.71. The summed E-state index contributed by atoms with van der Waals surface area (Å²) in [7, 11) is 1.54. The summed E-state index contributed by atoms with van der Waals surface area (Å²) in [5.41, 5.74) is 2.36. The molecule has 0 fully saturated rings. The van der Waals surface area contributed by atoms with Gasteiger partial charge in [0.25, 0.3) is 0 Å². The van der Waals surface area contributed by atoms with Crippen molar-refractivity contribution in [1.82, 2.24) is 0 Å². The number of carboxylic acids is 1. The minimum atomic E-state index is -0.798. The standard InChI is InChI=1S/C19H20ClNO4S/c1-25-17-7-3-6-16(20)15(17)11-18(22)21-14-5-2-4-13(10-14)12-26-9-8-19(23)24/h2-7,10H,8-9,11-12H2,1H3,(H,21,22)(H,23,24). The van der Waals surface area contributed by atoms with Crippen molar-refractivity contribution in [2.75, 3.05) is 18.2 Å². The van der Waals surface area contributed by atoms with Gasteiger partial charge in [-0.3, -0.25) is 9.59 Å². The Morgan fingerprint density at radius 3 is 2.73 bits per heavy atom. The van der Waals surface area contributed by atoms with Crippen LogP contribution >= 0.6 is 23.4 Å². The lowest BCUT2D eigenvalue weighted by Crippen LogP contribution is -2.15. The molecule has 0 aliphatic rings. The molecule has 0 aromatic heterocycles. The van der Waals surface area contributed by atoms with Crippen molar-refractivity contribution >= 4 is 40.9 Å². The van der Waals surface area contributed by atoms with Gasteiger partial charge in [-0.15, -0.1) is 0 Å². The van der Waals surface area contributed by atoms with Crippen LogP contribution in [0.15, 0.2) is 42.5 Å². The van der Waals surface area contributed by atoms with E-state index < -0.39 is 5.97 Å². The molecule has 0 aliphatic heterocycles. The van der Waals surface area contributed by atoms with E-state index in [0.717, 1.165) is 5.56 Å². The average molecular weight is 394 g/mol. The fraction of sp³-hybridized carbons (Fsp3) is 0.263. The Kier molecular flexibility index (Phi) is 7.81. The van der Waals surface area contributed by atoms with Gasteiger partial charge in [0.2, 0.25) is 5.91 Å². The second-order valence-electron chi connectivity index (χ2n) is 5.54. The molecule has 0 spiro atoms. The predicted octanol–water partition coefficient (Wildman–Crippen LogP) is 4.24. The number of carboxylic acid groups (broad SMARTS) is 1. The third kappa shape index (κ3) is 6.28. The summed E-state index contributed by atoms with van der Waals surface area (Å²) in [5.74, 6) is 0.838. The third-order valence-electron chi connectivity index (χ3n) is 3.57. The van der Waals surface area contributed by atoms with Crippen LogP contribution in [0, 0.1) is 0 Å². The van der Waals surface area contributed by atoms with Gasteiger partial charge in [0.05, 0.1) is 20.0 Å². The van der Waals surface area contributed by atoms with Crippen molar-refractivity contribution in [2.45, 2.75) is 18.6 Å². The number of methoxy groups -OCH3 is 1. The third-order valence-corrected chi connectivity index (χ3v) is 4.96. The van der Waals surface area contributed by atoms with Crippen molar-refractivity contribution in [1.29, 1.82) is 0 Å². The average Bonchev–Trinajstić information content (AvgIpc) is 2.60. The maximum absolute atomic E-state index is 12.4. The zero-order chi connectivity index (χ0) is 18.9. The Labute approximate surface area is 161 Å². The van der Waals surface area contributed by atoms with E-state index in [1.807, 2.05) is 24.3 Å². The van der Waals surface area contributed by atoms with Gasteiger partial charge in [-0.1, -0.05) is 29.8 Å². The summed E-state index contributed by atoms with van der Waals surface area (Å²) in [6, 6.07) is 12.8. The highest BCUT2D eigenvalue weighted by atomic mass is 35.5. The second-order valence-corrected chi connectivity index (χ2v) is 7.05. The number of amides is 1. The molecule has 0 atom stereocenters. The Bertz CT molecular complexity index is 782. The SMILES string of the molecule is COc1cccc(Cl)c1CC(=O)Nc1cccc(CSCCC(=O)O)c1. The number of ether oxygens (including phenoxy) is 1. The normalized spacial score (nSPS) is 10.4. The van der Waals surface area contributed by atoms with Crippen LogP contribution in [0.5, 0.6) is 5.75 Å². The number of halogens is 1. The van der Waals surface area contributed by atoms with Crippen LogP contribution in [0.2, 0.25) is 5.02 Å². The summed E-state index contributed by atoms with van der Waals surface area (Å²) in [5, 5.41) is 12.0. The first-order valence-corrected chi connectivity index (χ1v) is 9.52. The van der Waals surface area contributed by atoms with E-state index in [9.17, 15) is 9.59 Å². The lowest BCUT2D eigenvalue weighted by Gasteiger charge is -2.11. The van der Waals surface area contributed by atoms with E-state index in [1.54, 1.807) is 37.1 Å². The van der Waals surface area contributed by atoms with Crippen LogP contribution in [-0.2, 0) is 21.8 Å². The molecule has 0 radical (unpaired) electrons. The summed E-state index contributed by atoms with van der Waals surface area (Å²) in [4.78, 5) is 22.9. The van der Waals surface area contributed by atoms with Gasteiger partial charge in [0.15, 0.2) is 0 Å². The zero-order valence-electron chi connectivity index (χ0n) is 14.3. The summed E-state index contributed by atoms with van der Waals surface area (Å²) in [6.45, 7) is 0. The highest BCUT2D eigenvalue weighted by Gasteiger charge is 2.12. The molecular formula is C19H20ClNO4S. The van der Waals surface area contributed by atoms with Gasteiger partial charge < -0.3 is 15.2 Å². The predicted molar refractivity (Wildman–Crippen MR) is 105 cm³/mol. The van der Waals surface area contributed by atoms with Crippen molar-refractivity contribution in [3.05, 3.63) is 58.6 Å². The monoisotopic (exact) mass is 393 g/mol. The first kappa shape index (κ1) is 20.1. The van der Waals surface area contributed by atoms with E-state index in [4.69, 9.17) is 21.4 Å². The molecule has 0 aliphatic carbocycles. The lowest BCUT2D eigenvalue weighted by molar-refractivity contribution is -0.136. The Morgan fingerprint density at radius 2 is 2.00 bits per heavy atom. The fourth-order valence-corrected chi connectivity index (χ4v) is 3.47. The van der Waals surface area contributed by atoms with E-state index >= 15 is 0 Å². The van der Waals surface area contributed by atoms with Crippen LogP contribution < -0.4 is 10.1 Å². The second kappa shape index (κ2) is 10.1. The molecular weight excluding hydrogens is 374 g/mol. The van der Waals surface area contributed by atoms with Gasteiger partial charge in [0, 0.05) is 27.8 Å². The Morgan fingerprint density at radius 1 is 1.23 bits per heavy atom. The molecule has 2 rings (SSSR count). The molecule has 0 saturated heterocycles. The minimum Gasteiger partial charge on any atom is -0.496 e. The number of anilines is 1. The van der Waals surface area contributed by atoms with Crippen LogP contribution in [0.3, 0.4) is 0 Å². The molecule has 0 unspecified atom stereocenters. The zero-order valence-corrected chi connectivity index (χ0v) is 15.9. The number of nitrogens with one attached hydrogen (secondary N) is 1. The number of rotatable bonds is 9. The maximum atomic E-state index is 12.4. The molecule has 0 heterocycles. The summed E-state index contributed by atoms with van der Waals surface area (Å²) in [6.07, 6.45) is 0.251. The van der Waals surface area contributed by atoms with Crippen LogP contribution in [-0.4, -0.2) is 29.8 Å². The minimum absolute atomic E-state index is 0.112. The molecule has 0 saturated carbocycles. The molecule has 26 heavy (non-hydrogen) atoms.